The maximum Gasteiger partial charge on any atom is 0.338 e. The van der Waals surface area contributed by atoms with Crippen LogP contribution in [0.4, 0.5) is 0 Å². The Morgan fingerprint density at radius 2 is 1.92 bits per heavy atom. The van der Waals surface area contributed by atoms with Crippen LogP contribution in [0.5, 0.6) is 5.75 Å². The smallest absolute Gasteiger partial charge is 0.338 e. The van der Waals surface area contributed by atoms with Gasteiger partial charge in [0.05, 0.1) is 5.57 Å². The Balaban J connectivity index is 1.36. The van der Waals surface area contributed by atoms with Crippen LogP contribution >= 0.6 is 0 Å². The number of carbonyl (C=O) groups excluding carboxylic acids is 2. The fourth-order valence-corrected chi connectivity index (χ4v) is 4.47. The van der Waals surface area contributed by atoms with E-state index in [4.69, 9.17) is 9.47 Å². The number of esters is 1. The molecule has 1 aliphatic carbocycles. The molecule has 138 valence electrons. The molecule has 26 heavy (non-hydrogen) atoms. The molecule has 0 bridgehead atoms. The summed E-state index contributed by atoms with van der Waals surface area (Å²) < 4.78 is 10.9. The second kappa shape index (κ2) is 7.52. The van der Waals surface area contributed by atoms with Crippen molar-refractivity contribution in [1.82, 2.24) is 4.90 Å². The summed E-state index contributed by atoms with van der Waals surface area (Å²) in [5.74, 6) is 0.859. The number of piperidine rings is 1. The molecule has 0 N–H and O–H groups in total. The summed E-state index contributed by atoms with van der Waals surface area (Å²) in [6, 6.07) is 7.89. The van der Waals surface area contributed by atoms with E-state index in [9.17, 15) is 9.59 Å². The molecule has 1 aromatic carbocycles. The van der Waals surface area contributed by atoms with Crippen molar-refractivity contribution in [2.75, 3.05) is 19.8 Å². The minimum absolute atomic E-state index is 0.0623. The topological polar surface area (TPSA) is 55.8 Å². The van der Waals surface area contributed by atoms with Crippen LogP contribution in [-0.4, -0.2) is 42.6 Å². The van der Waals surface area contributed by atoms with Crippen molar-refractivity contribution < 1.29 is 19.1 Å². The van der Waals surface area contributed by atoms with Gasteiger partial charge in [-0.15, -0.1) is 0 Å². The number of fused-ring (bicyclic) bond motifs is 2. The standard InChI is InChI=1S/C21H25NO4/c23-20(22-11-5-8-15-6-1-3-9-18(15)22)14-26-21(24)17-12-16-7-2-4-10-19(16)25-13-17/h2,4,7,10,12,15,18H,1,3,5-6,8-9,11,13-14H2/t15-,18-/m1/s1. The first kappa shape index (κ1) is 17.1. The highest BCUT2D eigenvalue weighted by atomic mass is 16.5. The number of hydrogen-bond donors (Lipinski definition) is 0. The molecule has 2 heterocycles. The first-order chi connectivity index (χ1) is 12.7. The van der Waals surface area contributed by atoms with Crippen LogP contribution in [0.25, 0.3) is 6.08 Å². The van der Waals surface area contributed by atoms with E-state index in [1.165, 1.54) is 25.7 Å². The lowest BCUT2D eigenvalue weighted by molar-refractivity contribution is -0.152. The van der Waals surface area contributed by atoms with Crippen molar-refractivity contribution >= 4 is 18.0 Å². The number of amides is 1. The van der Waals surface area contributed by atoms with E-state index in [-0.39, 0.29) is 19.1 Å². The fraction of sp³-hybridized carbons (Fsp3) is 0.524. The number of para-hydroxylation sites is 1. The van der Waals surface area contributed by atoms with E-state index in [1.54, 1.807) is 6.08 Å². The molecule has 0 radical (unpaired) electrons. The SMILES string of the molecule is O=C(OCC(=O)N1CCC[C@H]2CCCC[C@H]21)C1=Cc2ccccc2OC1. The number of benzene rings is 1. The molecule has 5 heteroatoms. The van der Waals surface area contributed by atoms with Gasteiger partial charge < -0.3 is 14.4 Å². The van der Waals surface area contributed by atoms with Gasteiger partial charge in [0.2, 0.25) is 0 Å². The van der Waals surface area contributed by atoms with E-state index in [1.807, 2.05) is 29.2 Å². The maximum atomic E-state index is 12.6. The first-order valence-corrected chi connectivity index (χ1v) is 9.61. The second-order valence-corrected chi connectivity index (χ2v) is 7.41. The van der Waals surface area contributed by atoms with Gasteiger partial charge in [0.1, 0.15) is 12.4 Å². The lowest BCUT2D eigenvalue weighted by Gasteiger charge is -2.44. The number of rotatable bonds is 3. The largest absolute Gasteiger partial charge is 0.488 e. The average Bonchev–Trinajstić information content (AvgIpc) is 2.71. The Bertz CT molecular complexity index is 724. The van der Waals surface area contributed by atoms with Crippen molar-refractivity contribution in [2.24, 2.45) is 5.92 Å². The molecule has 1 aromatic rings. The van der Waals surface area contributed by atoms with Crippen LogP contribution in [0.2, 0.25) is 0 Å². The van der Waals surface area contributed by atoms with Gasteiger partial charge >= 0.3 is 5.97 Å². The molecule has 2 atom stereocenters. The van der Waals surface area contributed by atoms with Crippen molar-refractivity contribution in [1.29, 1.82) is 0 Å². The monoisotopic (exact) mass is 355 g/mol. The Kier molecular flexibility index (Phi) is 4.96. The molecule has 2 aliphatic heterocycles. The fourth-order valence-electron chi connectivity index (χ4n) is 4.47. The third-order valence-electron chi connectivity index (χ3n) is 5.78. The summed E-state index contributed by atoms with van der Waals surface area (Å²) in [6.07, 6.45) is 8.82. The second-order valence-electron chi connectivity index (χ2n) is 7.41. The van der Waals surface area contributed by atoms with Gasteiger partial charge in [-0.3, -0.25) is 4.79 Å². The Hall–Kier alpha value is -2.30. The number of carbonyl (C=O) groups is 2. The first-order valence-electron chi connectivity index (χ1n) is 9.61. The molecular weight excluding hydrogens is 330 g/mol. The molecule has 3 aliphatic rings. The third-order valence-corrected chi connectivity index (χ3v) is 5.78. The van der Waals surface area contributed by atoms with Gasteiger partial charge in [-0.1, -0.05) is 31.0 Å². The predicted molar refractivity (Wildman–Crippen MR) is 97.6 cm³/mol. The van der Waals surface area contributed by atoms with Gasteiger partial charge in [-0.05, 0) is 43.7 Å². The molecule has 0 unspecified atom stereocenters. The van der Waals surface area contributed by atoms with Crippen LogP contribution in [-0.2, 0) is 14.3 Å². The number of nitrogens with zero attached hydrogens (tertiary/aromatic N) is 1. The summed E-state index contributed by atoms with van der Waals surface area (Å²) in [4.78, 5) is 26.9. The quantitative estimate of drug-likeness (QED) is 0.782. The Morgan fingerprint density at radius 1 is 1.12 bits per heavy atom. The van der Waals surface area contributed by atoms with Crippen molar-refractivity contribution in [3.8, 4) is 5.75 Å². The normalized spacial score (nSPS) is 24.6. The van der Waals surface area contributed by atoms with Gasteiger partial charge in [0, 0.05) is 18.2 Å². The molecular formula is C21H25NO4. The van der Waals surface area contributed by atoms with E-state index in [2.05, 4.69) is 0 Å². The van der Waals surface area contributed by atoms with Gasteiger partial charge in [0.15, 0.2) is 6.61 Å². The summed E-state index contributed by atoms with van der Waals surface area (Å²) in [6.45, 7) is 0.788. The maximum absolute atomic E-state index is 12.6. The molecule has 2 fully saturated rings. The lowest BCUT2D eigenvalue weighted by Crippen LogP contribution is -2.50. The summed E-state index contributed by atoms with van der Waals surface area (Å²) in [5, 5.41) is 0. The minimum Gasteiger partial charge on any atom is -0.488 e. The molecule has 1 saturated carbocycles. The number of likely N-dealkylation sites (tertiary alicyclic amines) is 1. The van der Waals surface area contributed by atoms with Crippen molar-refractivity contribution in [3.63, 3.8) is 0 Å². The Labute approximate surface area is 154 Å². The molecule has 0 aromatic heterocycles. The highest BCUT2D eigenvalue weighted by Crippen LogP contribution is 2.35. The lowest BCUT2D eigenvalue weighted by atomic mass is 9.78. The molecule has 4 rings (SSSR count). The Morgan fingerprint density at radius 3 is 2.85 bits per heavy atom. The summed E-state index contributed by atoms with van der Waals surface area (Å²) >= 11 is 0. The zero-order valence-corrected chi connectivity index (χ0v) is 15.0. The van der Waals surface area contributed by atoms with Crippen molar-refractivity contribution in [2.45, 2.75) is 44.6 Å². The zero-order chi connectivity index (χ0) is 17.9. The van der Waals surface area contributed by atoms with Gasteiger partial charge in [0.25, 0.3) is 5.91 Å². The van der Waals surface area contributed by atoms with E-state index >= 15 is 0 Å². The summed E-state index contributed by atoms with van der Waals surface area (Å²) in [7, 11) is 0. The highest BCUT2D eigenvalue weighted by molar-refractivity contribution is 5.96. The summed E-state index contributed by atoms with van der Waals surface area (Å²) in [5.41, 5.74) is 1.31. The molecule has 1 amide bonds. The van der Waals surface area contributed by atoms with Crippen LogP contribution in [0.15, 0.2) is 29.8 Å². The van der Waals surface area contributed by atoms with Crippen LogP contribution < -0.4 is 4.74 Å². The van der Waals surface area contributed by atoms with Gasteiger partial charge in [-0.2, -0.15) is 0 Å². The number of ether oxygens (including phenoxy) is 2. The van der Waals surface area contributed by atoms with Crippen molar-refractivity contribution in [3.05, 3.63) is 35.4 Å². The average molecular weight is 355 g/mol. The third kappa shape index (κ3) is 3.48. The number of hydrogen-bond acceptors (Lipinski definition) is 4. The zero-order valence-electron chi connectivity index (χ0n) is 15.0. The molecule has 0 spiro atoms. The highest BCUT2D eigenvalue weighted by Gasteiger charge is 2.36. The van der Waals surface area contributed by atoms with Crippen LogP contribution in [0.1, 0.15) is 44.1 Å². The van der Waals surface area contributed by atoms with Crippen LogP contribution in [0, 0.1) is 5.92 Å². The minimum atomic E-state index is -0.468. The predicted octanol–water partition coefficient (Wildman–Crippen LogP) is 3.19. The van der Waals surface area contributed by atoms with Crippen LogP contribution in [0.3, 0.4) is 0 Å². The van der Waals surface area contributed by atoms with E-state index < -0.39 is 5.97 Å². The molecule has 5 nitrogen and oxygen atoms in total. The molecule has 1 saturated heterocycles. The van der Waals surface area contributed by atoms with E-state index in [0.29, 0.717) is 17.5 Å². The van der Waals surface area contributed by atoms with Gasteiger partial charge in [-0.25, -0.2) is 4.79 Å². The van der Waals surface area contributed by atoms with E-state index in [0.717, 1.165) is 30.7 Å².